The molecule has 158 valence electrons. The second-order valence-corrected chi connectivity index (χ2v) is 6.42. The smallest absolute Gasteiger partial charge is 0.343 e. The van der Waals surface area contributed by atoms with E-state index in [0.29, 0.717) is 0 Å². The summed E-state index contributed by atoms with van der Waals surface area (Å²) in [7, 11) is 0. The minimum atomic E-state index is -1.18. The zero-order chi connectivity index (χ0) is 22.4. The number of hydrogen-bond donors (Lipinski definition) is 4. The van der Waals surface area contributed by atoms with Crippen molar-refractivity contribution in [2.45, 2.75) is 13.0 Å². The fourth-order valence-corrected chi connectivity index (χ4v) is 3.25. The summed E-state index contributed by atoms with van der Waals surface area (Å²) < 4.78 is 2.06. The summed E-state index contributed by atoms with van der Waals surface area (Å²) in [4.78, 5) is 32.3. The topological polar surface area (TPSA) is 156 Å². The van der Waals surface area contributed by atoms with Gasteiger partial charge in [-0.2, -0.15) is 0 Å². The second-order valence-electron chi connectivity index (χ2n) is 6.42. The molecule has 4 rings (SSSR count). The number of nitrogens with two attached hydrogens (primary N) is 1. The molecule has 10 heteroatoms. The Labute approximate surface area is 177 Å². The van der Waals surface area contributed by atoms with Crippen molar-refractivity contribution in [1.29, 1.82) is 0 Å². The number of carboxylic acids is 1. The van der Waals surface area contributed by atoms with Gasteiger partial charge in [0.05, 0.1) is 17.4 Å². The Bertz CT molecular complexity index is 1210. The largest absolute Gasteiger partial charge is 0.483 e. The monoisotopic (exact) mass is 420 g/mol. The molecule has 0 aliphatic heterocycles. The van der Waals surface area contributed by atoms with Gasteiger partial charge in [0, 0.05) is 23.5 Å². The van der Waals surface area contributed by atoms with Crippen LogP contribution in [0.5, 0.6) is 0 Å². The normalized spacial score (nSPS) is 11.3. The number of carboxylic acid groups (broad SMARTS) is 2. The van der Waals surface area contributed by atoms with Crippen molar-refractivity contribution < 1.29 is 19.8 Å². The Kier molecular flexibility index (Phi) is 6.41. The van der Waals surface area contributed by atoms with E-state index < -0.39 is 5.97 Å². The molecule has 1 unspecified atom stereocenters. The Balaban J connectivity index is 0.000000858. The average molecular weight is 420 g/mol. The summed E-state index contributed by atoms with van der Waals surface area (Å²) in [6.45, 7) is 1.69. The minimum absolute atomic E-state index is 0.0795. The van der Waals surface area contributed by atoms with Crippen LogP contribution in [0.25, 0.3) is 16.9 Å². The first-order chi connectivity index (χ1) is 15.0. The first kappa shape index (κ1) is 21.2. The van der Waals surface area contributed by atoms with Gasteiger partial charge in [-0.25, -0.2) is 14.8 Å². The molecule has 0 amide bonds. The molecule has 0 aromatic carbocycles. The molecule has 31 heavy (non-hydrogen) atoms. The number of nitrogens with one attached hydrogen (secondary N) is 1. The van der Waals surface area contributed by atoms with E-state index in [-0.39, 0.29) is 29.7 Å². The first-order valence-electron chi connectivity index (χ1n) is 9.17. The number of nitrogen functional groups attached to an aromatic ring is 1. The van der Waals surface area contributed by atoms with Crippen molar-refractivity contribution in [3.8, 4) is 11.4 Å². The second kappa shape index (κ2) is 9.35. The highest BCUT2D eigenvalue weighted by Gasteiger charge is 2.22. The number of aromatic carboxylic acids is 1. The number of rotatable bonds is 5. The molecule has 4 aromatic heterocycles. The van der Waals surface area contributed by atoms with Crippen LogP contribution in [0.2, 0.25) is 0 Å². The van der Waals surface area contributed by atoms with Gasteiger partial charge in [0.1, 0.15) is 23.5 Å². The zero-order valence-corrected chi connectivity index (χ0v) is 16.5. The van der Waals surface area contributed by atoms with Crippen LogP contribution in [0.3, 0.4) is 0 Å². The predicted molar refractivity (Wildman–Crippen MR) is 115 cm³/mol. The highest BCUT2D eigenvalue weighted by atomic mass is 16.4. The lowest BCUT2D eigenvalue weighted by Crippen LogP contribution is -2.15. The van der Waals surface area contributed by atoms with Crippen LogP contribution in [0.4, 0.5) is 11.6 Å². The van der Waals surface area contributed by atoms with Crippen molar-refractivity contribution in [1.82, 2.24) is 19.4 Å². The summed E-state index contributed by atoms with van der Waals surface area (Å²) in [5.74, 6) is -1.08. The number of aromatic nitrogens is 4. The fourth-order valence-electron chi connectivity index (χ4n) is 3.25. The van der Waals surface area contributed by atoms with Crippen LogP contribution >= 0.6 is 0 Å². The molecule has 0 fully saturated rings. The molecule has 4 aromatic rings. The molecule has 5 N–H and O–H groups in total. The summed E-state index contributed by atoms with van der Waals surface area (Å²) in [5, 5.41) is 19.5. The Morgan fingerprint density at radius 2 is 1.94 bits per heavy atom. The summed E-state index contributed by atoms with van der Waals surface area (Å²) in [6.07, 6.45) is 4.96. The molecule has 0 radical (unpaired) electrons. The van der Waals surface area contributed by atoms with Gasteiger partial charge >= 0.3 is 5.97 Å². The lowest BCUT2D eigenvalue weighted by atomic mass is 10.1. The van der Waals surface area contributed by atoms with Crippen LogP contribution in [0.1, 0.15) is 28.9 Å². The van der Waals surface area contributed by atoms with Gasteiger partial charge < -0.3 is 25.7 Å². The molecular weight excluding hydrogens is 400 g/mol. The average Bonchev–Trinajstić information content (AvgIpc) is 3.14. The summed E-state index contributed by atoms with van der Waals surface area (Å²) in [6, 6.07) is 13.5. The van der Waals surface area contributed by atoms with E-state index in [0.717, 1.165) is 22.5 Å². The SMILES string of the molecule is CC(Nc1ncnc(N)c1C(=O)O)c1cc2ccccn2c1-c1ccccn1.O=CO. The Morgan fingerprint density at radius 1 is 1.19 bits per heavy atom. The maximum Gasteiger partial charge on any atom is 0.343 e. The molecule has 4 heterocycles. The van der Waals surface area contributed by atoms with Gasteiger partial charge in [0.25, 0.3) is 6.47 Å². The van der Waals surface area contributed by atoms with E-state index in [9.17, 15) is 9.90 Å². The van der Waals surface area contributed by atoms with Crippen molar-refractivity contribution in [3.05, 3.63) is 72.3 Å². The maximum atomic E-state index is 11.6. The first-order valence-corrected chi connectivity index (χ1v) is 9.17. The fraction of sp³-hybridized carbons (Fsp3) is 0.0952. The van der Waals surface area contributed by atoms with E-state index in [4.69, 9.17) is 15.6 Å². The number of carbonyl (C=O) groups is 2. The molecule has 0 bridgehead atoms. The van der Waals surface area contributed by atoms with Gasteiger partial charge in [-0.1, -0.05) is 12.1 Å². The summed E-state index contributed by atoms with van der Waals surface area (Å²) in [5.41, 5.74) is 9.30. The van der Waals surface area contributed by atoms with Crippen molar-refractivity contribution in [3.63, 3.8) is 0 Å². The van der Waals surface area contributed by atoms with E-state index >= 15 is 0 Å². The minimum Gasteiger partial charge on any atom is -0.483 e. The van der Waals surface area contributed by atoms with E-state index in [1.54, 1.807) is 6.20 Å². The summed E-state index contributed by atoms with van der Waals surface area (Å²) >= 11 is 0. The number of hydrogen-bond acceptors (Lipinski definition) is 7. The quantitative estimate of drug-likeness (QED) is 0.356. The molecule has 0 saturated carbocycles. The molecule has 0 aliphatic carbocycles. The molecular formula is C21H20N6O4. The molecule has 10 nitrogen and oxygen atoms in total. The standard InChI is InChI=1S/C20H18N6O2.CH2O2/c1-12(25-19-16(20(27)28)18(21)23-11-24-19)14-10-13-6-3-5-9-26(13)17(14)15-7-2-4-8-22-15;2-1-3/h2-12H,1H3,(H,27,28)(H3,21,23,24,25);1H,(H,2,3). The number of anilines is 2. The van der Waals surface area contributed by atoms with Crippen LogP contribution in [-0.2, 0) is 4.79 Å². The number of fused-ring (bicyclic) bond motifs is 1. The van der Waals surface area contributed by atoms with Gasteiger partial charge in [0.15, 0.2) is 0 Å². The van der Waals surface area contributed by atoms with Crippen LogP contribution in [0.15, 0.2) is 61.2 Å². The van der Waals surface area contributed by atoms with Crippen LogP contribution in [-0.4, -0.2) is 42.0 Å². The lowest BCUT2D eigenvalue weighted by Gasteiger charge is -2.17. The van der Waals surface area contributed by atoms with Crippen LogP contribution in [0, 0.1) is 0 Å². The van der Waals surface area contributed by atoms with Gasteiger partial charge in [-0.05, 0) is 37.3 Å². The third-order valence-corrected chi connectivity index (χ3v) is 4.53. The Morgan fingerprint density at radius 3 is 2.61 bits per heavy atom. The number of pyridine rings is 2. The lowest BCUT2D eigenvalue weighted by molar-refractivity contribution is -0.122. The Hall–Kier alpha value is -4.47. The highest BCUT2D eigenvalue weighted by Crippen LogP contribution is 2.33. The molecule has 0 aliphatic rings. The van der Waals surface area contributed by atoms with Crippen molar-refractivity contribution >= 4 is 29.6 Å². The molecule has 0 spiro atoms. The predicted octanol–water partition coefficient (Wildman–Crippen LogP) is 2.95. The third-order valence-electron chi connectivity index (χ3n) is 4.53. The van der Waals surface area contributed by atoms with E-state index in [2.05, 4.69) is 24.7 Å². The van der Waals surface area contributed by atoms with Gasteiger partial charge in [-0.3, -0.25) is 9.78 Å². The zero-order valence-electron chi connectivity index (χ0n) is 16.5. The van der Waals surface area contributed by atoms with E-state index in [1.807, 2.05) is 55.6 Å². The van der Waals surface area contributed by atoms with Crippen molar-refractivity contribution in [2.75, 3.05) is 11.1 Å². The van der Waals surface area contributed by atoms with E-state index in [1.165, 1.54) is 6.33 Å². The van der Waals surface area contributed by atoms with Crippen molar-refractivity contribution in [2.24, 2.45) is 0 Å². The number of nitrogens with zero attached hydrogens (tertiary/aromatic N) is 4. The van der Waals surface area contributed by atoms with Gasteiger partial charge in [0.2, 0.25) is 0 Å². The molecule has 0 saturated heterocycles. The maximum absolute atomic E-state index is 11.6. The highest BCUT2D eigenvalue weighted by molar-refractivity contribution is 5.97. The third kappa shape index (κ3) is 4.42. The molecule has 1 atom stereocenters. The van der Waals surface area contributed by atoms with Gasteiger partial charge in [-0.15, -0.1) is 0 Å². The van der Waals surface area contributed by atoms with Crippen LogP contribution < -0.4 is 11.1 Å².